The Morgan fingerprint density at radius 3 is 2.43 bits per heavy atom. The number of urea groups is 1. The van der Waals surface area contributed by atoms with Gasteiger partial charge >= 0.3 is 18.2 Å². The molecule has 1 saturated carbocycles. The molecule has 0 bridgehead atoms. The Bertz CT molecular complexity index is 1290. The number of aromatic amines is 1. The first-order valence-electron chi connectivity index (χ1n) is 10.1. The Balaban J connectivity index is 1.65. The molecule has 4 rings (SSSR count). The maximum Gasteiger partial charge on any atom is 0.493 e. The van der Waals surface area contributed by atoms with E-state index < -0.39 is 53.6 Å². The Kier molecular flexibility index (Phi) is 5.64. The van der Waals surface area contributed by atoms with Gasteiger partial charge in [0.05, 0.1) is 22.7 Å². The number of aromatic nitrogens is 3. The van der Waals surface area contributed by atoms with Crippen LogP contribution in [0, 0.1) is 5.82 Å². The number of carbonyl (C=O) groups is 2. The number of alkyl halides is 5. The minimum atomic E-state index is -5.43. The number of pyridine rings is 1. The number of halogens is 6. The van der Waals surface area contributed by atoms with Gasteiger partial charge in [-0.15, -0.1) is 5.06 Å². The van der Waals surface area contributed by atoms with Gasteiger partial charge in [0, 0.05) is 24.1 Å². The van der Waals surface area contributed by atoms with Gasteiger partial charge < -0.3 is 10.2 Å². The summed E-state index contributed by atoms with van der Waals surface area (Å²) >= 11 is 0. The van der Waals surface area contributed by atoms with E-state index in [1.165, 1.54) is 26.0 Å². The molecule has 35 heavy (non-hydrogen) atoms. The zero-order valence-corrected chi connectivity index (χ0v) is 18.1. The summed E-state index contributed by atoms with van der Waals surface area (Å²) in [5, 5.41) is 8.84. The van der Waals surface area contributed by atoms with Crippen LogP contribution in [0.4, 0.5) is 37.0 Å². The van der Waals surface area contributed by atoms with Crippen LogP contribution in [-0.2, 0) is 15.0 Å². The number of amides is 2. The van der Waals surface area contributed by atoms with E-state index in [4.69, 9.17) is 0 Å². The van der Waals surface area contributed by atoms with Crippen LogP contribution in [0.25, 0.3) is 10.9 Å². The second-order valence-corrected chi connectivity index (χ2v) is 8.27. The predicted molar refractivity (Wildman–Crippen MR) is 109 cm³/mol. The highest BCUT2D eigenvalue weighted by Crippen LogP contribution is 2.61. The van der Waals surface area contributed by atoms with Crippen molar-refractivity contribution in [1.29, 1.82) is 0 Å². The third kappa shape index (κ3) is 4.47. The average molecular weight is 501 g/mol. The summed E-state index contributed by atoms with van der Waals surface area (Å²) in [4.78, 5) is 32.4. The molecule has 2 amide bonds. The van der Waals surface area contributed by atoms with E-state index in [1.54, 1.807) is 0 Å². The maximum atomic E-state index is 13.8. The van der Waals surface area contributed by atoms with E-state index >= 15 is 0 Å². The molecule has 2 aromatic heterocycles. The highest BCUT2D eigenvalue weighted by Gasteiger charge is 2.70. The van der Waals surface area contributed by atoms with Crippen LogP contribution in [0.1, 0.15) is 37.6 Å². The SMILES string of the molecule is CC(NC(=O)N(OC(=O)C(F)(F)F)c1cc2[nH]nc(C3(C)CC3(F)F)c2cn1)c1ccc(F)cc1. The van der Waals surface area contributed by atoms with Crippen molar-refractivity contribution < 1.29 is 40.8 Å². The van der Waals surface area contributed by atoms with Gasteiger partial charge in [-0.05, 0) is 31.5 Å². The summed E-state index contributed by atoms with van der Waals surface area (Å²) in [6.45, 7) is 2.77. The highest BCUT2D eigenvalue weighted by molar-refractivity contribution is 5.94. The van der Waals surface area contributed by atoms with Crippen LogP contribution in [0.15, 0.2) is 36.5 Å². The van der Waals surface area contributed by atoms with Crippen molar-refractivity contribution in [3.8, 4) is 0 Å². The Labute approximate surface area is 193 Å². The lowest BCUT2D eigenvalue weighted by atomic mass is 10.0. The van der Waals surface area contributed by atoms with E-state index in [0.717, 1.165) is 24.4 Å². The van der Waals surface area contributed by atoms with Crippen molar-refractivity contribution in [2.75, 3.05) is 5.06 Å². The van der Waals surface area contributed by atoms with Crippen molar-refractivity contribution in [2.45, 2.75) is 43.8 Å². The standard InChI is InChI=1S/C21H17F6N5O3/c1-10(11-3-5-12(22)6-4-11)29-18(34)32(35-17(33)21(25,26)27)15-7-14-13(8-28-15)16(31-30-14)19(2)9-20(19,23)24/h3-8,10H,9H2,1-2H3,(H,29,34)(H,30,31). The van der Waals surface area contributed by atoms with E-state index in [9.17, 15) is 35.9 Å². The summed E-state index contributed by atoms with van der Waals surface area (Å²) in [6, 6.07) is 3.82. The smallest absolute Gasteiger partial charge is 0.329 e. The number of rotatable bonds is 4. The molecule has 1 fully saturated rings. The number of carbonyl (C=O) groups excluding carboxylic acids is 2. The zero-order valence-electron chi connectivity index (χ0n) is 18.1. The van der Waals surface area contributed by atoms with Crippen LogP contribution >= 0.6 is 0 Å². The van der Waals surface area contributed by atoms with Crippen LogP contribution < -0.4 is 10.4 Å². The fourth-order valence-electron chi connectivity index (χ4n) is 3.50. The fourth-order valence-corrected chi connectivity index (χ4v) is 3.50. The molecule has 0 saturated heterocycles. The number of nitrogens with zero attached hydrogens (tertiary/aromatic N) is 3. The number of H-pyrrole nitrogens is 1. The summed E-state index contributed by atoms with van der Waals surface area (Å²) in [5.74, 6) is -6.78. The molecule has 0 spiro atoms. The topological polar surface area (TPSA) is 100 Å². The van der Waals surface area contributed by atoms with Crippen molar-refractivity contribution in [1.82, 2.24) is 20.5 Å². The van der Waals surface area contributed by atoms with Gasteiger partial charge in [-0.3, -0.25) is 5.10 Å². The molecule has 2 unspecified atom stereocenters. The molecule has 2 atom stereocenters. The van der Waals surface area contributed by atoms with Gasteiger partial charge in [-0.25, -0.2) is 27.7 Å². The van der Waals surface area contributed by atoms with Crippen LogP contribution in [0.5, 0.6) is 0 Å². The quantitative estimate of drug-likeness (QED) is 0.399. The van der Waals surface area contributed by atoms with Crippen molar-refractivity contribution in [2.24, 2.45) is 0 Å². The number of hydrogen-bond acceptors (Lipinski definition) is 5. The van der Waals surface area contributed by atoms with Crippen molar-refractivity contribution in [3.05, 3.63) is 53.6 Å². The lowest BCUT2D eigenvalue weighted by Gasteiger charge is -2.23. The molecule has 14 heteroatoms. The molecule has 186 valence electrons. The fraction of sp³-hybridized carbons (Fsp3) is 0.333. The highest BCUT2D eigenvalue weighted by atomic mass is 19.4. The average Bonchev–Trinajstić information content (AvgIpc) is 3.08. The summed E-state index contributed by atoms with van der Waals surface area (Å²) < 4.78 is 79.3. The van der Waals surface area contributed by atoms with E-state index in [-0.39, 0.29) is 21.7 Å². The number of hydroxylamine groups is 1. The monoisotopic (exact) mass is 501 g/mol. The normalized spacial score (nSPS) is 19.8. The van der Waals surface area contributed by atoms with E-state index in [2.05, 4.69) is 25.3 Å². The number of anilines is 1. The lowest BCUT2D eigenvalue weighted by molar-refractivity contribution is -0.199. The van der Waals surface area contributed by atoms with Gasteiger partial charge in [0.15, 0.2) is 5.82 Å². The minimum Gasteiger partial charge on any atom is -0.329 e. The molecule has 2 heterocycles. The third-order valence-electron chi connectivity index (χ3n) is 5.72. The number of hydrogen-bond donors (Lipinski definition) is 2. The van der Waals surface area contributed by atoms with Gasteiger partial charge in [-0.2, -0.15) is 18.3 Å². The van der Waals surface area contributed by atoms with E-state index in [1.807, 2.05) is 0 Å². The first-order valence-corrected chi connectivity index (χ1v) is 10.1. The molecular weight excluding hydrogens is 484 g/mol. The predicted octanol–water partition coefficient (Wildman–Crippen LogP) is 4.69. The van der Waals surface area contributed by atoms with Gasteiger partial charge in [0.2, 0.25) is 0 Å². The molecule has 3 aromatic rings. The van der Waals surface area contributed by atoms with Gasteiger partial charge in [0.25, 0.3) is 5.92 Å². The minimum absolute atomic E-state index is 0.00442. The van der Waals surface area contributed by atoms with Crippen LogP contribution in [0.2, 0.25) is 0 Å². The molecule has 0 aliphatic heterocycles. The first-order chi connectivity index (χ1) is 16.2. The summed E-state index contributed by atoms with van der Waals surface area (Å²) in [7, 11) is 0. The lowest BCUT2D eigenvalue weighted by Crippen LogP contribution is -2.45. The Hall–Kier alpha value is -3.84. The van der Waals surface area contributed by atoms with E-state index in [0.29, 0.717) is 5.56 Å². The Morgan fingerprint density at radius 1 is 1.23 bits per heavy atom. The number of fused-ring (bicyclic) bond motifs is 1. The molecule has 1 aliphatic rings. The maximum absolute atomic E-state index is 13.8. The third-order valence-corrected chi connectivity index (χ3v) is 5.72. The molecule has 2 N–H and O–H groups in total. The van der Waals surface area contributed by atoms with Gasteiger partial charge in [-0.1, -0.05) is 12.1 Å². The molecule has 1 aromatic carbocycles. The zero-order chi connectivity index (χ0) is 25.8. The number of nitrogens with one attached hydrogen (secondary N) is 2. The second-order valence-electron chi connectivity index (χ2n) is 8.27. The summed E-state index contributed by atoms with van der Waals surface area (Å²) in [6.07, 6.45) is -4.84. The van der Waals surface area contributed by atoms with Crippen molar-refractivity contribution >= 4 is 28.7 Å². The summed E-state index contributed by atoms with van der Waals surface area (Å²) in [5.41, 5.74) is -1.06. The molecule has 8 nitrogen and oxygen atoms in total. The second kappa shape index (κ2) is 8.13. The van der Waals surface area contributed by atoms with Crippen LogP contribution in [-0.4, -0.2) is 39.3 Å². The largest absolute Gasteiger partial charge is 0.493 e. The number of benzene rings is 1. The van der Waals surface area contributed by atoms with Crippen LogP contribution in [0.3, 0.4) is 0 Å². The first kappa shape index (κ1) is 24.3. The molecule has 0 radical (unpaired) electrons. The van der Waals surface area contributed by atoms with Crippen molar-refractivity contribution in [3.63, 3.8) is 0 Å². The molecule has 1 aliphatic carbocycles. The Morgan fingerprint density at radius 2 is 1.86 bits per heavy atom. The molecular formula is C21H17F6N5O3. The van der Waals surface area contributed by atoms with Gasteiger partial charge in [0.1, 0.15) is 5.82 Å².